The second-order valence-electron chi connectivity index (χ2n) is 6.41. The summed E-state index contributed by atoms with van der Waals surface area (Å²) in [4.78, 5) is 1.28. The molecule has 0 aliphatic carbocycles. The third kappa shape index (κ3) is 4.06. The van der Waals surface area contributed by atoms with Crippen LogP contribution in [0.5, 0.6) is 5.75 Å². The fourth-order valence-electron chi connectivity index (χ4n) is 2.73. The highest BCUT2D eigenvalue weighted by Gasteiger charge is 2.22. The van der Waals surface area contributed by atoms with Gasteiger partial charge in [-0.15, -0.1) is 10.2 Å². The average molecular weight is 338 g/mol. The number of nitrogens with one attached hydrogen (secondary N) is 1. The number of methoxy groups -OCH3 is 1. The van der Waals surface area contributed by atoms with Gasteiger partial charge in [-0.1, -0.05) is 17.7 Å². The lowest BCUT2D eigenvalue weighted by atomic mass is 10.1. The van der Waals surface area contributed by atoms with E-state index in [1.165, 1.54) is 16.0 Å². The molecule has 1 N–H and O–H groups in total. The maximum Gasteiger partial charge on any atom is 0.274 e. The molecule has 0 aliphatic heterocycles. The molecule has 3 aromatic rings. The zero-order chi connectivity index (χ0) is 17.8. The Hall–Kier alpha value is -2.66. The van der Waals surface area contributed by atoms with E-state index in [0.717, 1.165) is 17.9 Å². The van der Waals surface area contributed by atoms with Gasteiger partial charge in [0.1, 0.15) is 12.3 Å². The monoisotopic (exact) mass is 338 g/mol. The van der Waals surface area contributed by atoms with Crippen molar-refractivity contribution in [2.45, 2.75) is 26.4 Å². The summed E-state index contributed by atoms with van der Waals surface area (Å²) in [6, 6.07) is 16.3. The molecule has 1 unspecified atom stereocenters. The van der Waals surface area contributed by atoms with E-state index in [2.05, 4.69) is 55.4 Å². The molecule has 5 nitrogen and oxygen atoms in total. The van der Waals surface area contributed by atoms with Crippen molar-refractivity contribution in [3.63, 3.8) is 0 Å². The van der Waals surface area contributed by atoms with Crippen molar-refractivity contribution in [1.29, 1.82) is 0 Å². The standard InChI is InChI=1S/C20H23N3O2/c1-14-6-5-7-17(12-14)20-22-21-19(25-20)15(2)23(3)13-16-8-10-18(24-4)11-9-16/h5-12,15H,13H2,1-4H3/p+1/t15-/m1/s1. The zero-order valence-electron chi connectivity index (χ0n) is 15.1. The highest BCUT2D eigenvalue weighted by atomic mass is 16.5. The molecular weight excluding hydrogens is 314 g/mol. The molecule has 1 aromatic heterocycles. The Morgan fingerprint density at radius 3 is 2.56 bits per heavy atom. The normalized spacial score (nSPS) is 13.4. The summed E-state index contributed by atoms with van der Waals surface area (Å²) in [7, 11) is 3.81. The third-order valence-electron chi connectivity index (χ3n) is 4.46. The molecule has 2 atom stereocenters. The SMILES string of the molecule is COc1ccc(C[NH+](C)[C@H](C)c2nnc(-c3cccc(C)c3)o2)cc1. The molecule has 0 saturated carbocycles. The molecule has 2 aromatic carbocycles. The predicted octanol–water partition coefficient (Wildman–Crippen LogP) is 2.83. The number of ether oxygens (including phenoxy) is 1. The number of benzene rings is 2. The third-order valence-corrected chi connectivity index (χ3v) is 4.46. The Kier molecular flexibility index (Phi) is 5.14. The second-order valence-corrected chi connectivity index (χ2v) is 6.41. The van der Waals surface area contributed by atoms with Crippen LogP contribution in [0.15, 0.2) is 52.9 Å². The van der Waals surface area contributed by atoms with Crippen LogP contribution in [0.4, 0.5) is 0 Å². The van der Waals surface area contributed by atoms with Gasteiger partial charge >= 0.3 is 0 Å². The fraction of sp³-hybridized carbons (Fsp3) is 0.300. The van der Waals surface area contributed by atoms with Crippen molar-refractivity contribution in [2.75, 3.05) is 14.2 Å². The van der Waals surface area contributed by atoms with Crippen LogP contribution in [0, 0.1) is 6.92 Å². The Morgan fingerprint density at radius 2 is 1.88 bits per heavy atom. The van der Waals surface area contributed by atoms with Crippen molar-refractivity contribution in [3.8, 4) is 17.2 Å². The first-order chi connectivity index (χ1) is 12.1. The van der Waals surface area contributed by atoms with Crippen LogP contribution in [-0.4, -0.2) is 24.4 Å². The topological polar surface area (TPSA) is 52.6 Å². The van der Waals surface area contributed by atoms with Crippen LogP contribution in [0.1, 0.15) is 30.0 Å². The number of aromatic nitrogens is 2. The van der Waals surface area contributed by atoms with E-state index in [0.29, 0.717) is 11.8 Å². The van der Waals surface area contributed by atoms with E-state index in [-0.39, 0.29) is 6.04 Å². The Labute approximate surface area is 148 Å². The Bertz CT molecular complexity index is 827. The lowest BCUT2D eigenvalue weighted by molar-refractivity contribution is -0.925. The molecule has 1 heterocycles. The summed E-state index contributed by atoms with van der Waals surface area (Å²) in [5.41, 5.74) is 3.37. The highest BCUT2D eigenvalue weighted by molar-refractivity contribution is 5.53. The lowest BCUT2D eigenvalue weighted by Gasteiger charge is -2.19. The predicted molar refractivity (Wildman–Crippen MR) is 96.5 cm³/mol. The van der Waals surface area contributed by atoms with Gasteiger partial charge in [0.15, 0.2) is 6.04 Å². The maximum atomic E-state index is 5.92. The van der Waals surface area contributed by atoms with E-state index in [4.69, 9.17) is 9.15 Å². The van der Waals surface area contributed by atoms with Gasteiger partial charge in [-0.05, 0) is 50.2 Å². The van der Waals surface area contributed by atoms with Crippen LogP contribution in [0.25, 0.3) is 11.5 Å². The first-order valence-electron chi connectivity index (χ1n) is 8.42. The van der Waals surface area contributed by atoms with Crippen molar-refractivity contribution in [1.82, 2.24) is 10.2 Å². The number of quaternary nitrogens is 1. The number of hydrogen-bond acceptors (Lipinski definition) is 4. The van der Waals surface area contributed by atoms with Crippen LogP contribution in [-0.2, 0) is 6.54 Å². The minimum atomic E-state index is 0.105. The van der Waals surface area contributed by atoms with E-state index in [1.54, 1.807) is 7.11 Å². The van der Waals surface area contributed by atoms with E-state index in [1.807, 2.05) is 24.3 Å². The lowest BCUT2D eigenvalue weighted by Crippen LogP contribution is -3.07. The molecule has 0 saturated heterocycles. The summed E-state index contributed by atoms with van der Waals surface area (Å²) in [5.74, 6) is 2.10. The van der Waals surface area contributed by atoms with Gasteiger partial charge in [-0.2, -0.15) is 0 Å². The van der Waals surface area contributed by atoms with Crippen molar-refractivity contribution in [3.05, 3.63) is 65.5 Å². The molecule has 0 aliphatic rings. The minimum absolute atomic E-state index is 0.105. The first kappa shape index (κ1) is 17.2. The maximum absolute atomic E-state index is 5.92. The van der Waals surface area contributed by atoms with Crippen molar-refractivity contribution in [2.24, 2.45) is 0 Å². The molecule has 3 rings (SSSR count). The second kappa shape index (κ2) is 7.49. The summed E-state index contributed by atoms with van der Waals surface area (Å²) in [6.07, 6.45) is 0. The molecule has 0 spiro atoms. The van der Waals surface area contributed by atoms with Crippen LogP contribution < -0.4 is 9.64 Å². The molecule has 0 amide bonds. The van der Waals surface area contributed by atoms with Gasteiger partial charge in [0.05, 0.1) is 14.2 Å². The van der Waals surface area contributed by atoms with Gasteiger partial charge in [0.2, 0.25) is 5.89 Å². The quantitative estimate of drug-likeness (QED) is 0.751. The smallest absolute Gasteiger partial charge is 0.274 e. The number of aryl methyl sites for hydroxylation is 1. The molecule has 5 heteroatoms. The fourth-order valence-corrected chi connectivity index (χ4v) is 2.73. The summed E-state index contributed by atoms with van der Waals surface area (Å²) >= 11 is 0. The summed E-state index contributed by atoms with van der Waals surface area (Å²) in [5, 5.41) is 8.47. The summed E-state index contributed by atoms with van der Waals surface area (Å²) in [6.45, 7) is 5.02. The van der Waals surface area contributed by atoms with Crippen LogP contribution >= 0.6 is 0 Å². The molecule has 25 heavy (non-hydrogen) atoms. The van der Waals surface area contributed by atoms with E-state index in [9.17, 15) is 0 Å². The Morgan fingerprint density at radius 1 is 1.12 bits per heavy atom. The van der Waals surface area contributed by atoms with Gasteiger partial charge < -0.3 is 14.1 Å². The molecule has 0 fully saturated rings. The van der Waals surface area contributed by atoms with E-state index >= 15 is 0 Å². The summed E-state index contributed by atoms with van der Waals surface area (Å²) < 4.78 is 11.1. The van der Waals surface area contributed by atoms with Gasteiger partial charge in [0, 0.05) is 11.1 Å². The first-order valence-corrected chi connectivity index (χ1v) is 8.42. The van der Waals surface area contributed by atoms with Crippen molar-refractivity contribution < 1.29 is 14.1 Å². The minimum Gasteiger partial charge on any atom is -0.497 e. The number of rotatable bonds is 6. The Balaban J connectivity index is 1.70. The highest BCUT2D eigenvalue weighted by Crippen LogP contribution is 2.20. The van der Waals surface area contributed by atoms with Crippen molar-refractivity contribution >= 4 is 0 Å². The van der Waals surface area contributed by atoms with Crippen LogP contribution in [0.2, 0.25) is 0 Å². The molecule has 0 radical (unpaired) electrons. The number of hydrogen-bond donors (Lipinski definition) is 1. The van der Waals surface area contributed by atoms with Gasteiger partial charge in [-0.3, -0.25) is 0 Å². The van der Waals surface area contributed by atoms with Gasteiger partial charge in [0.25, 0.3) is 5.89 Å². The van der Waals surface area contributed by atoms with E-state index < -0.39 is 0 Å². The number of nitrogens with zero attached hydrogens (tertiary/aromatic N) is 2. The van der Waals surface area contributed by atoms with Crippen LogP contribution in [0.3, 0.4) is 0 Å². The van der Waals surface area contributed by atoms with Gasteiger partial charge in [-0.25, -0.2) is 0 Å². The average Bonchev–Trinajstić information content (AvgIpc) is 3.12. The molecular formula is C20H24N3O2+. The largest absolute Gasteiger partial charge is 0.497 e. The molecule has 0 bridgehead atoms. The molecule has 130 valence electrons. The zero-order valence-corrected chi connectivity index (χ0v) is 15.1.